The second-order valence-corrected chi connectivity index (χ2v) is 12.8. The van der Waals surface area contributed by atoms with E-state index in [0.717, 1.165) is 25.7 Å². The van der Waals surface area contributed by atoms with Gasteiger partial charge >= 0.3 is 0 Å². The van der Waals surface area contributed by atoms with Gasteiger partial charge in [0.15, 0.2) is 0 Å². The second kappa shape index (κ2) is 22.3. The van der Waals surface area contributed by atoms with Gasteiger partial charge in [-0.2, -0.15) is 0 Å². The molecule has 214 valence electrons. The third-order valence-electron chi connectivity index (χ3n) is 8.63. The third-order valence-corrected chi connectivity index (χ3v) is 8.63. The van der Waals surface area contributed by atoms with Crippen LogP contribution in [0.5, 0.6) is 0 Å². The summed E-state index contributed by atoms with van der Waals surface area (Å²) in [6.45, 7) is 12.7. The first kappa shape index (κ1) is 35.3. The number of carbonyl (C=O) groups excluding carboxylic acids is 2. The standard InChI is InChI=1S/C34H66O2/c1-7-9-11-13-15-17-19-21-23-25-27-29-31(35)34(6,33(3,4)5)32(36)30-28-26-24-22-20-18-16-14-12-10-8-2/h7-30H2,1-6H3. The molecule has 0 saturated carbocycles. The summed E-state index contributed by atoms with van der Waals surface area (Å²) in [7, 11) is 0. The summed E-state index contributed by atoms with van der Waals surface area (Å²) >= 11 is 0. The Balaban J connectivity index is 4.12. The molecule has 0 amide bonds. The van der Waals surface area contributed by atoms with Crippen LogP contribution in [0, 0.1) is 10.8 Å². The largest absolute Gasteiger partial charge is 0.299 e. The van der Waals surface area contributed by atoms with Crippen LogP contribution in [0.1, 0.15) is 196 Å². The minimum absolute atomic E-state index is 0.180. The van der Waals surface area contributed by atoms with E-state index in [-0.39, 0.29) is 17.0 Å². The molecule has 0 rings (SSSR count). The van der Waals surface area contributed by atoms with Crippen molar-refractivity contribution in [1.29, 1.82) is 0 Å². The summed E-state index contributed by atoms with van der Waals surface area (Å²) < 4.78 is 0. The molecule has 0 aromatic heterocycles. The van der Waals surface area contributed by atoms with E-state index in [0.29, 0.717) is 12.8 Å². The number of Topliss-reactive ketones (excluding diaryl/α,β-unsaturated/α-hetero) is 2. The van der Waals surface area contributed by atoms with Crippen LogP contribution in [0.2, 0.25) is 0 Å². The van der Waals surface area contributed by atoms with E-state index in [1.165, 1.54) is 116 Å². The lowest BCUT2D eigenvalue weighted by atomic mass is 9.61. The molecule has 0 N–H and O–H groups in total. The monoisotopic (exact) mass is 507 g/mol. The Bertz CT molecular complexity index is 490. The van der Waals surface area contributed by atoms with E-state index < -0.39 is 5.41 Å². The molecule has 0 spiro atoms. The zero-order valence-electron chi connectivity index (χ0n) is 25.8. The van der Waals surface area contributed by atoms with Gasteiger partial charge in [0.25, 0.3) is 0 Å². The Morgan fingerprint density at radius 3 is 0.833 bits per heavy atom. The highest BCUT2D eigenvalue weighted by molar-refractivity contribution is 6.07. The molecular weight excluding hydrogens is 440 g/mol. The molecule has 0 aromatic rings. The van der Waals surface area contributed by atoms with Gasteiger partial charge in [0.05, 0.1) is 5.41 Å². The van der Waals surface area contributed by atoms with E-state index >= 15 is 0 Å². The van der Waals surface area contributed by atoms with Crippen LogP contribution in [0.15, 0.2) is 0 Å². The van der Waals surface area contributed by atoms with E-state index in [4.69, 9.17) is 0 Å². The molecule has 0 atom stereocenters. The van der Waals surface area contributed by atoms with Crippen molar-refractivity contribution in [1.82, 2.24) is 0 Å². The van der Waals surface area contributed by atoms with E-state index in [1.54, 1.807) is 0 Å². The summed E-state index contributed by atoms with van der Waals surface area (Å²) in [5.74, 6) is 0.359. The summed E-state index contributed by atoms with van der Waals surface area (Å²) in [6, 6.07) is 0. The molecule has 2 heteroatoms. The van der Waals surface area contributed by atoms with Gasteiger partial charge in [-0.15, -0.1) is 0 Å². The normalized spacial score (nSPS) is 12.3. The quantitative estimate of drug-likeness (QED) is 0.0863. The van der Waals surface area contributed by atoms with Crippen LogP contribution in [0.25, 0.3) is 0 Å². The zero-order valence-corrected chi connectivity index (χ0v) is 25.8. The van der Waals surface area contributed by atoms with Crippen LogP contribution in [0.4, 0.5) is 0 Å². The molecule has 0 radical (unpaired) electrons. The molecule has 0 fully saturated rings. The van der Waals surface area contributed by atoms with Crippen molar-refractivity contribution in [2.45, 2.75) is 196 Å². The molecule has 0 heterocycles. The molecule has 0 aliphatic carbocycles. The Morgan fingerprint density at radius 1 is 0.389 bits per heavy atom. The van der Waals surface area contributed by atoms with Crippen molar-refractivity contribution in [3.05, 3.63) is 0 Å². The number of hydrogen-bond acceptors (Lipinski definition) is 2. The van der Waals surface area contributed by atoms with E-state index in [2.05, 4.69) is 34.6 Å². The van der Waals surface area contributed by atoms with E-state index in [9.17, 15) is 9.59 Å². The first-order valence-corrected chi connectivity index (χ1v) is 16.3. The van der Waals surface area contributed by atoms with Gasteiger partial charge < -0.3 is 0 Å². The van der Waals surface area contributed by atoms with Crippen molar-refractivity contribution in [3.8, 4) is 0 Å². The number of carbonyl (C=O) groups is 2. The Hall–Kier alpha value is -0.660. The van der Waals surface area contributed by atoms with Gasteiger partial charge in [-0.1, -0.05) is 163 Å². The molecule has 0 bridgehead atoms. The van der Waals surface area contributed by atoms with Crippen LogP contribution in [0.3, 0.4) is 0 Å². The average Bonchev–Trinajstić information content (AvgIpc) is 2.84. The van der Waals surface area contributed by atoms with E-state index in [1.807, 2.05) is 6.92 Å². The molecule has 0 aliphatic heterocycles. The number of ketones is 2. The highest BCUT2D eigenvalue weighted by Gasteiger charge is 2.48. The van der Waals surface area contributed by atoms with Crippen LogP contribution < -0.4 is 0 Å². The fourth-order valence-electron chi connectivity index (χ4n) is 5.39. The maximum atomic E-state index is 13.3. The molecule has 0 aromatic carbocycles. The van der Waals surface area contributed by atoms with Crippen molar-refractivity contribution in [3.63, 3.8) is 0 Å². The Labute approximate surface area is 227 Å². The number of unbranched alkanes of at least 4 members (excludes halogenated alkanes) is 20. The lowest BCUT2D eigenvalue weighted by Gasteiger charge is -2.39. The maximum absolute atomic E-state index is 13.3. The lowest BCUT2D eigenvalue weighted by molar-refractivity contribution is -0.147. The number of hydrogen-bond donors (Lipinski definition) is 0. The molecule has 0 aliphatic rings. The molecule has 0 unspecified atom stereocenters. The van der Waals surface area contributed by atoms with Gasteiger partial charge in [-0.25, -0.2) is 0 Å². The third kappa shape index (κ3) is 16.2. The van der Waals surface area contributed by atoms with Crippen LogP contribution >= 0.6 is 0 Å². The minimum atomic E-state index is -0.843. The summed E-state index contributed by atoms with van der Waals surface area (Å²) in [5, 5.41) is 0. The van der Waals surface area contributed by atoms with Gasteiger partial charge in [0.2, 0.25) is 0 Å². The van der Waals surface area contributed by atoms with Crippen molar-refractivity contribution in [2.24, 2.45) is 10.8 Å². The fourth-order valence-corrected chi connectivity index (χ4v) is 5.39. The van der Waals surface area contributed by atoms with Crippen molar-refractivity contribution in [2.75, 3.05) is 0 Å². The lowest BCUT2D eigenvalue weighted by Crippen LogP contribution is -2.47. The average molecular weight is 507 g/mol. The summed E-state index contributed by atoms with van der Waals surface area (Å²) in [6.07, 6.45) is 29.4. The Morgan fingerprint density at radius 2 is 0.611 bits per heavy atom. The molecular formula is C34H66O2. The molecule has 36 heavy (non-hydrogen) atoms. The predicted molar refractivity (Wildman–Crippen MR) is 160 cm³/mol. The smallest absolute Gasteiger partial charge is 0.146 e. The van der Waals surface area contributed by atoms with Gasteiger partial charge in [0, 0.05) is 12.8 Å². The fraction of sp³-hybridized carbons (Fsp3) is 0.941. The highest BCUT2D eigenvalue weighted by Crippen LogP contribution is 2.42. The minimum Gasteiger partial charge on any atom is -0.299 e. The molecule has 0 saturated heterocycles. The molecule has 2 nitrogen and oxygen atoms in total. The Kier molecular flexibility index (Phi) is 21.9. The van der Waals surface area contributed by atoms with Crippen molar-refractivity contribution >= 4 is 11.6 Å². The van der Waals surface area contributed by atoms with Crippen LogP contribution in [-0.4, -0.2) is 11.6 Å². The second-order valence-electron chi connectivity index (χ2n) is 12.8. The summed E-state index contributed by atoms with van der Waals surface area (Å²) in [5.41, 5.74) is -1.17. The highest BCUT2D eigenvalue weighted by atomic mass is 16.2. The van der Waals surface area contributed by atoms with Crippen molar-refractivity contribution < 1.29 is 9.59 Å². The first-order valence-electron chi connectivity index (χ1n) is 16.3. The topological polar surface area (TPSA) is 34.1 Å². The van der Waals surface area contributed by atoms with Crippen LogP contribution in [-0.2, 0) is 9.59 Å². The SMILES string of the molecule is CCCCCCCCCCCCCC(=O)C(C)(C(=O)CCCCCCCCCCCCC)C(C)(C)C. The first-order chi connectivity index (χ1) is 17.2. The maximum Gasteiger partial charge on any atom is 0.146 e. The summed E-state index contributed by atoms with van der Waals surface area (Å²) in [4.78, 5) is 26.6. The van der Waals surface area contributed by atoms with Gasteiger partial charge in [-0.3, -0.25) is 9.59 Å². The van der Waals surface area contributed by atoms with Gasteiger partial charge in [-0.05, 0) is 25.2 Å². The predicted octanol–water partition coefficient (Wildman–Crippen LogP) is 11.6. The zero-order chi connectivity index (χ0) is 27.1. The van der Waals surface area contributed by atoms with Gasteiger partial charge in [0.1, 0.15) is 11.6 Å². The number of rotatable bonds is 26.